The lowest BCUT2D eigenvalue weighted by atomic mass is 10.0. The summed E-state index contributed by atoms with van der Waals surface area (Å²) in [4.78, 5) is 2.51. The number of likely N-dealkylation sites (tertiary alicyclic amines) is 1. The average molecular weight is 212 g/mol. The first-order chi connectivity index (χ1) is 7.15. The van der Waals surface area contributed by atoms with Crippen LogP contribution in [0.15, 0.2) is 0 Å². The summed E-state index contributed by atoms with van der Waals surface area (Å²) in [5, 5.41) is 3.65. The van der Waals surface area contributed by atoms with Crippen LogP contribution in [-0.4, -0.2) is 37.1 Å². The Morgan fingerprint density at radius 2 is 2.13 bits per heavy atom. The van der Waals surface area contributed by atoms with E-state index in [1.807, 2.05) is 0 Å². The summed E-state index contributed by atoms with van der Waals surface area (Å²) >= 11 is 0. The molecule has 15 heavy (non-hydrogen) atoms. The van der Waals surface area contributed by atoms with Crippen molar-refractivity contribution in [2.24, 2.45) is 5.92 Å². The second kappa shape index (κ2) is 6.49. The molecule has 0 aromatic rings. The maximum Gasteiger partial charge on any atom is 0.0105 e. The van der Waals surface area contributed by atoms with Crippen molar-refractivity contribution in [1.29, 1.82) is 0 Å². The average Bonchev–Trinajstić information content (AvgIpc) is 2.63. The Labute approximate surface area is 95.4 Å². The lowest BCUT2D eigenvalue weighted by molar-refractivity contribution is 0.284. The molecule has 0 bridgehead atoms. The number of nitrogens with zero attached hydrogens (tertiary/aromatic N) is 1. The molecule has 2 nitrogen and oxygen atoms in total. The Balaban J connectivity index is 2.10. The third kappa shape index (κ3) is 4.12. The smallest absolute Gasteiger partial charge is 0.0105 e. The van der Waals surface area contributed by atoms with Crippen LogP contribution in [0.25, 0.3) is 0 Å². The van der Waals surface area contributed by atoms with E-state index in [1.54, 1.807) is 0 Å². The molecule has 1 fully saturated rings. The van der Waals surface area contributed by atoms with E-state index in [9.17, 15) is 0 Å². The summed E-state index contributed by atoms with van der Waals surface area (Å²) in [6.45, 7) is 9.39. The van der Waals surface area contributed by atoms with Gasteiger partial charge in [0.2, 0.25) is 0 Å². The molecule has 0 unspecified atom stereocenters. The van der Waals surface area contributed by atoms with Crippen LogP contribution in [0.3, 0.4) is 0 Å². The van der Waals surface area contributed by atoms with Crippen LogP contribution in [-0.2, 0) is 0 Å². The van der Waals surface area contributed by atoms with E-state index < -0.39 is 0 Å². The Kier molecular flexibility index (Phi) is 5.62. The van der Waals surface area contributed by atoms with Crippen LogP contribution in [0, 0.1) is 5.92 Å². The molecule has 0 radical (unpaired) electrons. The minimum atomic E-state index is 0.668. The SMILES string of the molecule is CC[C@H](C)[C@@H](C)NCC[C@@H]1CCCN1C. The van der Waals surface area contributed by atoms with Crippen molar-refractivity contribution in [3.8, 4) is 0 Å². The molecule has 0 aromatic heterocycles. The van der Waals surface area contributed by atoms with Gasteiger partial charge in [-0.15, -0.1) is 0 Å². The molecule has 0 spiro atoms. The van der Waals surface area contributed by atoms with Crippen LogP contribution in [0.2, 0.25) is 0 Å². The summed E-state index contributed by atoms with van der Waals surface area (Å²) in [5.74, 6) is 0.798. The predicted octanol–water partition coefficient (Wildman–Crippen LogP) is 2.49. The summed E-state index contributed by atoms with van der Waals surface area (Å²) in [7, 11) is 2.26. The highest BCUT2D eigenvalue weighted by atomic mass is 15.1. The lowest BCUT2D eigenvalue weighted by Gasteiger charge is -2.23. The first kappa shape index (κ1) is 13.0. The molecule has 3 atom stereocenters. The summed E-state index contributed by atoms with van der Waals surface area (Å²) in [6.07, 6.45) is 5.38. The van der Waals surface area contributed by atoms with Crippen LogP contribution < -0.4 is 5.32 Å². The van der Waals surface area contributed by atoms with Gasteiger partial charge in [0, 0.05) is 12.1 Å². The Bertz CT molecular complexity index is 170. The van der Waals surface area contributed by atoms with E-state index in [-0.39, 0.29) is 0 Å². The highest BCUT2D eigenvalue weighted by molar-refractivity contribution is 4.77. The van der Waals surface area contributed by atoms with E-state index in [2.05, 4.69) is 38.0 Å². The molecule has 1 saturated heterocycles. The molecule has 0 saturated carbocycles. The quantitative estimate of drug-likeness (QED) is 0.728. The molecule has 1 N–H and O–H groups in total. The van der Waals surface area contributed by atoms with E-state index in [1.165, 1.54) is 38.8 Å². The van der Waals surface area contributed by atoms with Crippen molar-refractivity contribution >= 4 is 0 Å². The molecule has 0 aliphatic carbocycles. The van der Waals surface area contributed by atoms with Crippen molar-refractivity contribution in [2.45, 2.75) is 58.5 Å². The molecule has 1 heterocycles. The highest BCUT2D eigenvalue weighted by Gasteiger charge is 2.20. The van der Waals surface area contributed by atoms with E-state index in [4.69, 9.17) is 0 Å². The number of hydrogen-bond acceptors (Lipinski definition) is 2. The van der Waals surface area contributed by atoms with Gasteiger partial charge in [-0.2, -0.15) is 0 Å². The van der Waals surface area contributed by atoms with Gasteiger partial charge in [0.15, 0.2) is 0 Å². The van der Waals surface area contributed by atoms with Gasteiger partial charge in [-0.25, -0.2) is 0 Å². The zero-order chi connectivity index (χ0) is 11.3. The van der Waals surface area contributed by atoms with Gasteiger partial charge >= 0.3 is 0 Å². The van der Waals surface area contributed by atoms with E-state index in [0.717, 1.165) is 12.0 Å². The standard InChI is InChI=1S/C13H28N2/c1-5-11(2)12(3)14-9-8-13-7-6-10-15(13)4/h11-14H,5-10H2,1-4H3/t11-,12+,13-/m0/s1. The number of nitrogens with one attached hydrogen (secondary N) is 1. The van der Waals surface area contributed by atoms with Gasteiger partial charge in [-0.05, 0) is 52.2 Å². The van der Waals surface area contributed by atoms with Crippen molar-refractivity contribution in [1.82, 2.24) is 10.2 Å². The Morgan fingerprint density at radius 3 is 2.67 bits per heavy atom. The van der Waals surface area contributed by atoms with Crippen molar-refractivity contribution in [3.05, 3.63) is 0 Å². The third-order valence-electron chi connectivity index (χ3n) is 4.11. The fourth-order valence-electron chi connectivity index (χ4n) is 2.38. The first-order valence-electron chi connectivity index (χ1n) is 6.58. The molecule has 2 heteroatoms. The zero-order valence-corrected chi connectivity index (χ0v) is 10.9. The van der Waals surface area contributed by atoms with Gasteiger partial charge in [-0.3, -0.25) is 0 Å². The molecule has 90 valence electrons. The first-order valence-corrected chi connectivity index (χ1v) is 6.58. The topological polar surface area (TPSA) is 15.3 Å². The molecule has 1 rings (SSSR count). The summed E-state index contributed by atoms with van der Waals surface area (Å²) in [6, 6.07) is 1.50. The van der Waals surface area contributed by atoms with Crippen molar-refractivity contribution in [3.63, 3.8) is 0 Å². The van der Waals surface area contributed by atoms with Gasteiger partial charge in [0.05, 0.1) is 0 Å². The minimum absolute atomic E-state index is 0.668. The van der Waals surface area contributed by atoms with Crippen molar-refractivity contribution < 1.29 is 0 Å². The molecule has 1 aliphatic heterocycles. The maximum atomic E-state index is 3.65. The van der Waals surface area contributed by atoms with E-state index in [0.29, 0.717) is 6.04 Å². The highest BCUT2D eigenvalue weighted by Crippen LogP contribution is 2.17. The predicted molar refractivity (Wildman–Crippen MR) is 67.2 cm³/mol. The number of rotatable bonds is 6. The normalized spacial score (nSPS) is 26.8. The lowest BCUT2D eigenvalue weighted by Crippen LogP contribution is -2.35. The monoisotopic (exact) mass is 212 g/mol. The van der Waals surface area contributed by atoms with Crippen LogP contribution in [0.5, 0.6) is 0 Å². The molecular formula is C13H28N2. The van der Waals surface area contributed by atoms with Crippen LogP contribution in [0.4, 0.5) is 0 Å². The molecular weight excluding hydrogens is 184 g/mol. The Morgan fingerprint density at radius 1 is 1.40 bits per heavy atom. The largest absolute Gasteiger partial charge is 0.314 e. The second-order valence-electron chi connectivity index (χ2n) is 5.19. The maximum absolute atomic E-state index is 3.65. The number of hydrogen-bond donors (Lipinski definition) is 1. The van der Waals surface area contributed by atoms with Crippen LogP contribution >= 0.6 is 0 Å². The third-order valence-corrected chi connectivity index (χ3v) is 4.11. The van der Waals surface area contributed by atoms with Crippen LogP contribution in [0.1, 0.15) is 46.5 Å². The van der Waals surface area contributed by atoms with E-state index >= 15 is 0 Å². The Hall–Kier alpha value is -0.0800. The fourth-order valence-corrected chi connectivity index (χ4v) is 2.38. The van der Waals surface area contributed by atoms with Gasteiger partial charge in [0.25, 0.3) is 0 Å². The van der Waals surface area contributed by atoms with Gasteiger partial charge in [0.1, 0.15) is 0 Å². The van der Waals surface area contributed by atoms with Crippen molar-refractivity contribution in [2.75, 3.05) is 20.1 Å². The van der Waals surface area contributed by atoms with Gasteiger partial charge < -0.3 is 10.2 Å². The summed E-state index contributed by atoms with van der Waals surface area (Å²) in [5.41, 5.74) is 0. The second-order valence-corrected chi connectivity index (χ2v) is 5.19. The summed E-state index contributed by atoms with van der Waals surface area (Å²) < 4.78 is 0. The fraction of sp³-hybridized carbons (Fsp3) is 1.00. The minimum Gasteiger partial charge on any atom is -0.314 e. The zero-order valence-electron chi connectivity index (χ0n) is 10.9. The molecule has 0 aromatic carbocycles. The van der Waals surface area contributed by atoms with Gasteiger partial charge in [-0.1, -0.05) is 20.3 Å². The molecule has 0 amide bonds. The molecule has 1 aliphatic rings.